The Hall–Kier alpha value is -2.80. The van der Waals surface area contributed by atoms with E-state index in [0.717, 1.165) is 36.8 Å². The minimum atomic E-state index is -0.485. The van der Waals surface area contributed by atoms with Gasteiger partial charge in [-0.3, -0.25) is 4.79 Å². The van der Waals surface area contributed by atoms with Gasteiger partial charge in [-0.15, -0.1) is 0 Å². The molecule has 0 aliphatic carbocycles. The Morgan fingerprint density at radius 2 is 2.00 bits per heavy atom. The Kier molecular flexibility index (Phi) is 5.11. The molecule has 0 atom stereocenters. The molecule has 0 unspecified atom stereocenters. The second-order valence-corrected chi connectivity index (χ2v) is 6.89. The lowest BCUT2D eigenvalue weighted by Crippen LogP contribution is -2.48. The number of carbonyl (C=O) groups excluding carboxylic acids is 1. The fourth-order valence-corrected chi connectivity index (χ4v) is 3.68. The summed E-state index contributed by atoms with van der Waals surface area (Å²) >= 11 is 0. The smallest absolute Gasteiger partial charge is 0.252 e. The van der Waals surface area contributed by atoms with E-state index in [1.165, 1.54) is 6.33 Å². The van der Waals surface area contributed by atoms with Crippen molar-refractivity contribution in [3.8, 4) is 0 Å². The molecule has 0 radical (unpaired) electrons. The van der Waals surface area contributed by atoms with Crippen LogP contribution >= 0.6 is 0 Å². The van der Waals surface area contributed by atoms with Crippen LogP contribution in [0.5, 0.6) is 0 Å². The molecule has 1 fully saturated rings. The number of carbonyl (C=O) groups is 1. The summed E-state index contributed by atoms with van der Waals surface area (Å²) < 4.78 is 7.18. The zero-order chi connectivity index (χ0) is 18.5. The highest BCUT2D eigenvalue weighted by Crippen LogP contribution is 2.35. The second kappa shape index (κ2) is 7.84. The van der Waals surface area contributed by atoms with Crippen LogP contribution in [0.2, 0.25) is 0 Å². The van der Waals surface area contributed by atoms with Crippen molar-refractivity contribution in [1.29, 1.82) is 0 Å². The lowest BCUT2D eigenvalue weighted by atomic mass is 9.73. The van der Waals surface area contributed by atoms with E-state index in [1.54, 1.807) is 4.52 Å². The maximum Gasteiger partial charge on any atom is 0.252 e. The number of hydrogen-bond donors (Lipinski definition) is 1. The normalized spacial score (nSPS) is 16.3. The molecule has 1 aromatic carbocycles. The SMILES string of the molecule is O=C(NCCCc1cnc2ncnn2c1)C1(c2ccccc2)CCOCC1. The Labute approximate surface area is 157 Å². The van der Waals surface area contributed by atoms with Gasteiger partial charge in [-0.25, -0.2) is 9.50 Å². The van der Waals surface area contributed by atoms with Gasteiger partial charge in [-0.1, -0.05) is 30.3 Å². The van der Waals surface area contributed by atoms with Crippen molar-refractivity contribution in [3.63, 3.8) is 0 Å². The number of nitrogens with one attached hydrogen (secondary N) is 1. The monoisotopic (exact) mass is 365 g/mol. The fourth-order valence-electron chi connectivity index (χ4n) is 3.68. The molecule has 1 amide bonds. The van der Waals surface area contributed by atoms with Crippen molar-refractivity contribution >= 4 is 11.7 Å². The summed E-state index contributed by atoms with van der Waals surface area (Å²) in [5.41, 5.74) is 1.67. The van der Waals surface area contributed by atoms with Gasteiger partial charge in [0.1, 0.15) is 6.33 Å². The molecule has 27 heavy (non-hydrogen) atoms. The number of aryl methyl sites for hydroxylation is 1. The first-order chi connectivity index (χ1) is 13.3. The number of fused-ring (bicyclic) bond motifs is 1. The number of nitrogens with zero attached hydrogens (tertiary/aromatic N) is 4. The molecule has 140 valence electrons. The van der Waals surface area contributed by atoms with Gasteiger partial charge in [-0.05, 0) is 36.8 Å². The Bertz CT molecular complexity index is 903. The Morgan fingerprint density at radius 3 is 2.81 bits per heavy atom. The molecule has 4 rings (SSSR count). The average molecular weight is 365 g/mol. The molecule has 1 saturated heterocycles. The van der Waals surface area contributed by atoms with E-state index in [2.05, 4.69) is 20.4 Å². The van der Waals surface area contributed by atoms with Crippen LogP contribution < -0.4 is 5.32 Å². The Balaban J connectivity index is 1.37. The average Bonchev–Trinajstić information content (AvgIpc) is 3.20. The van der Waals surface area contributed by atoms with Crippen molar-refractivity contribution < 1.29 is 9.53 Å². The Morgan fingerprint density at radius 1 is 1.19 bits per heavy atom. The summed E-state index contributed by atoms with van der Waals surface area (Å²) in [6.07, 6.45) is 8.34. The number of hydrogen-bond acceptors (Lipinski definition) is 5. The zero-order valence-corrected chi connectivity index (χ0v) is 15.2. The van der Waals surface area contributed by atoms with Crippen LogP contribution in [0.1, 0.15) is 30.4 Å². The molecule has 0 bridgehead atoms. The van der Waals surface area contributed by atoms with Crippen LogP contribution in [-0.2, 0) is 21.4 Å². The van der Waals surface area contributed by atoms with Gasteiger partial charge in [0.05, 0.1) is 5.41 Å². The van der Waals surface area contributed by atoms with Gasteiger partial charge >= 0.3 is 0 Å². The number of aromatic nitrogens is 4. The van der Waals surface area contributed by atoms with E-state index < -0.39 is 5.41 Å². The summed E-state index contributed by atoms with van der Waals surface area (Å²) in [7, 11) is 0. The van der Waals surface area contributed by atoms with Gasteiger partial charge in [0.15, 0.2) is 0 Å². The number of rotatable bonds is 6. The predicted molar refractivity (Wildman–Crippen MR) is 100 cm³/mol. The van der Waals surface area contributed by atoms with Crippen molar-refractivity contribution in [1.82, 2.24) is 24.9 Å². The molecule has 3 heterocycles. The second-order valence-electron chi connectivity index (χ2n) is 6.89. The predicted octanol–water partition coefficient (Wildman–Crippen LogP) is 1.92. The maximum absolute atomic E-state index is 13.1. The van der Waals surface area contributed by atoms with E-state index in [-0.39, 0.29) is 5.91 Å². The highest BCUT2D eigenvalue weighted by atomic mass is 16.5. The molecular weight excluding hydrogens is 342 g/mol. The summed E-state index contributed by atoms with van der Waals surface area (Å²) in [6, 6.07) is 10.1. The third-order valence-corrected chi connectivity index (χ3v) is 5.22. The quantitative estimate of drug-likeness (QED) is 0.675. The number of benzene rings is 1. The number of ether oxygens (including phenoxy) is 1. The molecule has 2 aromatic heterocycles. The molecule has 1 aliphatic heterocycles. The molecule has 0 saturated carbocycles. The summed E-state index contributed by atoms with van der Waals surface area (Å²) in [4.78, 5) is 21.4. The third-order valence-electron chi connectivity index (χ3n) is 5.22. The van der Waals surface area contributed by atoms with Crippen LogP contribution in [0.3, 0.4) is 0 Å². The topological polar surface area (TPSA) is 81.4 Å². The van der Waals surface area contributed by atoms with Crippen LogP contribution in [0, 0.1) is 0 Å². The van der Waals surface area contributed by atoms with Crippen LogP contribution in [0.4, 0.5) is 0 Å². The van der Waals surface area contributed by atoms with Gasteiger partial charge in [0.2, 0.25) is 5.91 Å². The fraction of sp³-hybridized carbons (Fsp3) is 0.400. The first-order valence-electron chi connectivity index (χ1n) is 9.34. The first kappa shape index (κ1) is 17.6. The third kappa shape index (κ3) is 3.68. The number of amides is 1. The maximum atomic E-state index is 13.1. The first-order valence-corrected chi connectivity index (χ1v) is 9.34. The molecule has 0 spiro atoms. The van der Waals surface area contributed by atoms with E-state index in [4.69, 9.17) is 4.74 Å². The van der Waals surface area contributed by atoms with Crippen LogP contribution in [-0.4, -0.2) is 45.2 Å². The van der Waals surface area contributed by atoms with Gasteiger partial charge in [-0.2, -0.15) is 10.1 Å². The largest absolute Gasteiger partial charge is 0.381 e. The van der Waals surface area contributed by atoms with Crippen molar-refractivity contribution in [2.45, 2.75) is 31.1 Å². The lowest BCUT2D eigenvalue weighted by Gasteiger charge is -2.36. The van der Waals surface area contributed by atoms with Crippen molar-refractivity contribution in [2.24, 2.45) is 0 Å². The standard InChI is InChI=1S/C20H23N5O2/c26-18(20(8-11-27-12-9-20)17-6-2-1-3-7-17)21-10-4-5-16-13-22-19-23-15-24-25(19)14-16/h1-3,6-7,13-15H,4-5,8-12H2,(H,21,26). The summed E-state index contributed by atoms with van der Waals surface area (Å²) in [5.74, 6) is 0.693. The van der Waals surface area contributed by atoms with Crippen LogP contribution in [0.25, 0.3) is 5.78 Å². The van der Waals surface area contributed by atoms with Crippen molar-refractivity contribution in [3.05, 3.63) is 60.2 Å². The van der Waals surface area contributed by atoms with E-state index >= 15 is 0 Å². The molecule has 3 aromatic rings. The highest BCUT2D eigenvalue weighted by Gasteiger charge is 2.41. The molecule has 1 N–H and O–H groups in total. The van der Waals surface area contributed by atoms with E-state index in [9.17, 15) is 4.79 Å². The van der Waals surface area contributed by atoms with Gasteiger partial charge in [0, 0.05) is 32.2 Å². The van der Waals surface area contributed by atoms with E-state index in [1.807, 2.05) is 42.7 Å². The summed E-state index contributed by atoms with van der Waals surface area (Å²) in [5, 5.41) is 7.25. The van der Waals surface area contributed by atoms with Gasteiger partial charge < -0.3 is 10.1 Å². The summed E-state index contributed by atoms with van der Waals surface area (Å²) in [6.45, 7) is 1.86. The lowest BCUT2D eigenvalue weighted by molar-refractivity contribution is -0.130. The molecule has 7 nitrogen and oxygen atoms in total. The van der Waals surface area contributed by atoms with E-state index in [0.29, 0.717) is 25.5 Å². The van der Waals surface area contributed by atoms with Crippen molar-refractivity contribution in [2.75, 3.05) is 19.8 Å². The van der Waals surface area contributed by atoms with Gasteiger partial charge in [0.25, 0.3) is 5.78 Å². The zero-order valence-electron chi connectivity index (χ0n) is 15.2. The highest BCUT2D eigenvalue weighted by molar-refractivity contribution is 5.88. The molecule has 1 aliphatic rings. The molecular formula is C20H23N5O2. The minimum Gasteiger partial charge on any atom is -0.381 e. The van der Waals surface area contributed by atoms with Crippen LogP contribution in [0.15, 0.2) is 49.1 Å². The molecule has 7 heteroatoms. The minimum absolute atomic E-state index is 0.0989.